The lowest BCUT2D eigenvalue weighted by Crippen LogP contribution is -2.05. The van der Waals surface area contributed by atoms with Crippen LogP contribution in [-0.2, 0) is 6.42 Å². The fourth-order valence-corrected chi connectivity index (χ4v) is 2.04. The van der Waals surface area contributed by atoms with Crippen LogP contribution in [0.3, 0.4) is 0 Å². The molecular formula is C14H11BrFNO2. The van der Waals surface area contributed by atoms with Gasteiger partial charge in [-0.2, -0.15) is 0 Å². The summed E-state index contributed by atoms with van der Waals surface area (Å²) in [6.45, 7) is 0. The van der Waals surface area contributed by atoms with E-state index >= 15 is 0 Å². The predicted octanol–water partition coefficient (Wildman–Crippen LogP) is 3.42. The molecule has 0 bridgehead atoms. The van der Waals surface area contributed by atoms with Crippen LogP contribution in [0.15, 0.2) is 41.1 Å². The van der Waals surface area contributed by atoms with E-state index in [1.165, 1.54) is 12.3 Å². The van der Waals surface area contributed by atoms with Gasteiger partial charge < -0.3 is 4.74 Å². The van der Waals surface area contributed by atoms with E-state index in [9.17, 15) is 9.18 Å². The van der Waals surface area contributed by atoms with Crippen molar-refractivity contribution < 1.29 is 13.9 Å². The van der Waals surface area contributed by atoms with Gasteiger partial charge in [0.1, 0.15) is 11.6 Å². The number of halogens is 2. The minimum atomic E-state index is -0.518. The molecule has 0 N–H and O–H groups in total. The quantitative estimate of drug-likeness (QED) is 0.809. The first-order valence-corrected chi connectivity index (χ1v) is 6.35. The third-order valence-corrected chi connectivity index (χ3v) is 3.40. The number of rotatable bonds is 4. The second-order valence-electron chi connectivity index (χ2n) is 3.95. The standard InChI is InChI=1S/C14H11BrFNO2/c1-19-12-2-3-13(15)9(5-12)6-14(18)10-4-11(16)8-17-7-10/h2-5,7-8H,6H2,1H3. The largest absolute Gasteiger partial charge is 0.497 e. The zero-order valence-corrected chi connectivity index (χ0v) is 11.8. The molecule has 0 aliphatic rings. The Hall–Kier alpha value is -1.75. The van der Waals surface area contributed by atoms with Crippen molar-refractivity contribution in [3.63, 3.8) is 0 Å². The summed E-state index contributed by atoms with van der Waals surface area (Å²) in [6.07, 6.45) is 2.58. The Balaban J connectivity index is 2.23. The fraction of sp³-hybridized carbons (Fsp3) is 0.143. The molecule has 1 aromatic heterocycles. The molecule has 0 fully saturated rings. The summed E-state index contributed by atoms with van der Waals surface area (Å²) in [7, 11) is 1.56. The molecule has 1 aromatic carbocycles. The number of hydrogen-bond acceptors (Lipinski definition) is 3. The van der Waals surface area contributed by atoms with Crippen LogP contribution in [0.25, 0.3) is 0 Å². The van der Waals surface area contributed by atoms with E-state index in [4.69, 9.17) is 4.74 Å². The van der Waals surface area contributed by atoms with E-state index < -0.39 is 5.82 Å². The Morgan fingerprint density at radius 1 is 1.37 bits per heavy atom. The van der Waals surface area contributed by atoms with E-state index in [0.29, 0.717) is 5.75 Å². The Labute approximate surface area is 118 Å². The van der Waals surface area contributed by atoms with E-state index in [-0.39, 0.29) is 17.8 Å². The van der Waals surface area contributed by atoms with Gasteiger partial charge in [0, 0.05) is 22.7 Å². The van der Waals surface area contributed by atoms with Crippen LogP contribution in [-0.4, -0.2) is 17.9 Å². The summed E-state index contributed by atoms with van der Waals surface area (Å²) in [5, 5.41) is 0. The lowest BCUT2D eigenvalue weighted by Gasteiger charge is -2.07. The lowest BCUT2D eigenvalue weighted by molar-refractivity contribution is 0.0992. The Bertz CT molecular complexity index is 616. The monoisotopic (exact) mass is 323 g/mol. The maximum absolute atomic E-state index is 13.0. The smallest absolute Gasteiger partial charge is 0.168 e. The molecule has 0 unspecified atom stereocenters. The number of carbonyl (C=O) groups is 1. The van der Waals surface area contributed by atoms with Crippen LogP contribution in [0.4, 0.5) is 4.39 Å². The van der Waals surface area contributed by atoms with Crippen LogP contribution in [0.2, 0.25) is 0 Å². The molecule has 2 aromatic rings. The predicted molar refractivity (Wildman–Crippen MR) is 72.9 cm³/mol. The van der Waals surface area contributed by atoms with Crippen molar-refractivity contribution in [2.75, 3.05) is 7.11 Å². The molecule has 0 amide bonds. The minimum absolute atomic E-state index is 0.156. The first-order chi connectivity index (χ1) is 9.10. The SMILES string of the molecule is COc1ccc(Br)c(CC(=O)c2cncc(F)c2)c1. The number of carbonyl (C=O) groups excluding carboxylic acids is 1. The fourth-order valence-electron chi connectivity index (χ4n) is 1.65. The topological polar surface area (TPSA) is 39.2 Å². The zero-order chi connectivity index (χ0) is 13.8. The number of pyridine rings is 1. The molecule has 0 atom stereocenters. The van der Waals surface area contributed by atoms with E-state index in [1.54, 1.807) is 19.2 Å². The number of ether oxygens (including phenoxy) is 1. The number of hydrogen-bond donors (Lipinski definition) is 0. The number of aromatic nitrogens is 1. The van der Waals surface area contributed by atoms with E-state index in [2.05, 4.69) is 20.9 Å². The maximum atomic E-state index is 13.0. The van der Waals surface area contributed by atoms with Crippen molar-refractivity contribution in [3.8, 4) is 5.75 Å². The summed E-state index contributed by atoms with van der Waals surface area (Å²) < 4.78 is 18.9. The summed E-state index contributed by atoms with van der Waals surface area (Å²) in [4.78, 5) is 15.7. The number of methoxy groups -OCH3 is 1. The lowest BCUT2D eigenvalue weighted by atomic mass is 10.0. The Morgan fingerprint density at radius 2 is 2.16 bits per heavy atom. The van der Waals surface area contributed by atoms with Crippen LogP contribution in [0.1, 0.15) is 15.9 Å². The van der Waals surface area contributed by atoms with E-state index in [0.717, 1.165) is 16.2 Å². The highest BCUT2D eigenvalue weighted by molar-refractivity contribution is 9.10. The molecule has 0 saturated carbocycles. The van der Waals surface area contributed by atoms with Gasteiger partial charge in [0.15, 0.2) is 5.78 Å². The van der Waals surface area contributed by atoms with Gasteiger partial charge in [-0.1, -0.05) is 15.9 Å². The maximum Gasteiger partial charge on any atom is 0.168 e. The third kappa shape index (κ3) is 3.38. The zero-order valence-electron chi connectivity index (χ0n) is 10.2. The minimum Gasteiger partial charge on any atom is -0.497 e. The van der Waals surface area contributed by atoms with Crippen LogP contribution < -0.4 is 4.74 Å². The van der Waals surface area contributed by atoms with Crippen LogP contribution >= 0.6 is 15.9 Å². The average molecular weight is 324 g/mol. The third-order valence-electron chi connectivity index (χ3n) is 2.63. The molecule has 0 aliphatic heterocycles. The number of ketones is 1. The first kappa shape index (κ1) is 13.7. The molecule has 0 radical (unpaired) electrons. The number of benzene rings is 1. The van der Waals surface area contributed by atoms with Gasteiger partial charge in [0.05, 0.1) is 13.3 Å². The molecule has 19 heavy (non-hydrogen) atoms. The Morgan fingerprint density at radius 3 is 2.84 bits per heavy atom. The second-order valence-corrected chi connectivity index (χ2v) is 4.80. The summed E-state index contributed by atoms with van der Waals surface area (Å²) in [5.41, 5.74) is 1.04. The summed E-state index contributed by atoms with van der Waals surface area (Å²) in [5.74, 6) is -0.0418. The van der Waals surface area contributed by atoms with Crippen molar-refractivity contribution in [1.29, 1.82) is 0 Å². The van der Waals surface area contributed by atoms with Gasteiger partial charge in [-0.15, -0.1) is 0 Å². The Kier molecular flexibility index (Phi) is 4.27. The van der Waals surface area contributed by atoms with Crippen LogP contribution in [0, 0.1) is 5.82 Å². The van der Waals surface area contributed by atoms with Gasteiger partial charge >= 0.3 is 0 Å². The summed E-state index contributed by atoms with van der Waals surface area (Å²) in [6, 6.07) is 6.56. The van der Waals surface area contributed by atoms with Crippen molar-refractivity contribution in [3.05, 3.63) is 58.1 Å². The molecule has 98 valence electrons. The van der Waals surface area contributed by atoms with E-state index in [1.807, 2.05) is 6.07 Å². The molecule has 0 spiro atoms. The molecule has 5 heteroatoms. The average Bonchev–Trinajstić information content (AvgIpc) is 2.41. The number of nitrogens with zero attached hydrogens (tertiary/aromatic N) is 1. The molecule has 2 rings (SSSR count). The van der Waals surface area contributed by atoms with Gasteiger partial charge in [-0.25, -0.2) is 4.39 Å². The molecule has 0 aliphatic carbocycles. The highest BCUT2D eigenvalue weighted by Gasteiger charge is 2.11. The van der Waals surface area contributed by atoms with Gasteiger partial charge in [0.2, 0.25) is 0 Å². The van der Waals surface area contributed by atoms with Crippen molar-refractivity contribution in [1.82, 2.24) is 4.98 Å². The van der Waals surface area contributed by atoms with Crippen molar-refractivity contribution in [2.24, 2.45) is 0 Å². The van der Waals surface area contributed by atoms with Crippen molar-refractivity contribution in [2.45, 2.75) is 6.42 Å². The summed E-state index contributed by atoms with van der Waals surface area (Å²) >= 11 is 3.38. The molecule has 3 nitrogen and oxygen atoms in total. The van der Waals surface area contributed by atoms with Crippen molar-refractivity contribution >= 4 is 21.7 Å². The van der Waals surface area contributed by atoms with Gasteiger partial charge in [-0.3, -0.25) is 9.78 Å². The molecular weight excluding hydrogens is 313 g/mol. The molecule has 1 heterocycles. The number of Topliss-reactive ketones (excluding diaryl/α,β-unsaturated/α-hetero) is 1. The second kappa shape index (κ2) is 5.93. The highest BCUT2D eigenvalue weighted by Crippen LogP contribution is 2.23. The highest BCUT2D eigenvalue weighted by atomic mass is 79.9. The normalized spacial score (nSPS) is 10.3. The van der Waals surface area contributed by atoms with Crippen LogP contribution in [0.5, 0.6) is 5.75 Å². The van der Waals surface area contributed by atoms with Gasteiger partial charge in [0.25, 0.3) is 0 Å². The van der Waals surface area contributed by atoms with Gasteiger partial charge in [-0.05, 0) is 29.8 Å². The molecule has 0 saturated heterocycles. The first-order valence-electron chi connectivity index (χ1n) is 5.56.